The van der Waals surface area contributed by atoms with Crippen LogP contribution in [0.3, 0.4) is 0 Å². The van der Waals surface area contributed by atoms with Gasteiger partial charge in [0, 0.05) is 22.0 Å². The number of hydrogen-bond acceptors (Lipinski definition) is 4. The zero-order valence-electron chi connectivity index (χ0n) is 15.5. The van der Waals surface area contributed by atoms with Crippen LogP contribution in [0.2, 0.25) is 0 Å². The van der Waals surface area contributed by atoms with Crippen molar-refractivity contribution in [3.63, 3.8) is 0 Å². The SMILES string of the molecule is NS(=Nc1cn[nH]c1-c1ccccn1)c1ccc(OC2CCC3(CC3)C2)cc1. The molecule has 3 aromatic rings. The summed E-state index contributed by atoms with van der Waals surface area (Å²) in [5.74, 6) is 0.918. The Kier molecular flexibility index (Phi) is 4.49. The lowest BCUT2D eigenvalue weighted by molar-refractivity contribution is 0.202. The molecule has 1 aromatic carbocycles. The maximum atomic E-state index is 6.35. The van der Waals surface area contributed by atoms with Crippen LogP contribution in [0.15, 0.2) is 64.1 Å². The Labute approximate surface area is 166 Å². The lowest BCUT2D eigenvalue weighted by Crippen LogP contribution is -2.12. The van der Waals surface area contributed by atoms with Crippen molar-refractivity contribution in [2.24, 2.45) is 14.9 Å². The molecule has 2 aromatic heterocycles. The van der Waals surface area contributed by atoms with Crippen LogP contribution in [0, 0.1) is 5.41 Å². The zero-order valence-corrected chi connectivity index (χ0v) is 16.4. The average Bonchev–Trinajstić information content (AvgIpc) is 3.13. The van der Waals surface area contributed by atoms with Crippen LogP contribution in [-0.2, 0) is 10.9 Å². The highest BCUT2D eigenvalue weighted by Crippen LogP contribution is 2.58. The molecule has 0 amide bonds. The molecule has 28 heavy (non-hydrogen) atoms. The molecule has 0 aliphatic heterocycles. The van der Waals surface area contributed by atoms with Crippen molar-refractivity contribution in [2.45, 2.75) is 43.1 Å². The third-order valence-electron chi connectivity index (χ3n) is 5.72. The molecule has 2 aliphatic rings. The summed E-state index contributed by atoms with van der Waals surface area (Å²) in [7, 11) is -0.780. The van der Waals surface area contributed by atoms with Gasteiger partial charge in [-0.05, 0) is 73.9 Å². The Hall–Kier alpha value is -2.51. The topological polar surface area (TPSA) is 89.2 Å². The van der Waals surface area contributed by atoms with Gasteiger partial charge in [-0.2, -0.15) is 5.10 Å². The van der Waals surface area contributed by atoms with E-state index in [1.165, 1.54) is 32.1 Å². The maximum Gasteiger partial charge on any atom is 0.119 e. The van der Waals surface area contributed by atoms with Crippen LogP contribution >= 0.6 is 0 Å². The van der Waals surface area contributed by atoms with Gasteiger partial charge in [0.15, 0.2) is 0 Å². The molecule has 2 unspecified atom stereocenters. The van der Waals surface area contributed by atoms with Crippen LogP contribution in [0.25, 0.3) is 11.4 Å². The fourth-order valence-corrected chi connectivity index (χ4v) is 4.81. The minimum absolute atomic E-state index is 0.362. The highest BCUT2D eigenvalue weighted by molar-refractivity contribution is 7.85. The molecule has 2 aliphatic carbocycles. The second kappa shape index (κ2) is 7.14. The standard InChI is InChI=1S/C21H23N5OS/c22-28(26-19-14-24-25-20(19)18-3-1-2-12-23-18)17-6-4-15(5-7-17)27-16-8-9-21(13-16)10-11-21/h1-7,12,14,16H,8-11,13H2,(H2,22,26)(H,24,25). The van der Waals surface area contributed by atoms with E-state index in [9.17, 15) is 0 Å². The third-order valence-corrected chi connectivity index (χ3v) is 6.87. The van der Waals surface area contributed by atoms with Gasteiger partial charge < -0.3 is 4.74 Å². The Morgan fingerprint density at radius 3 is 2.71 bits per heavy atom. The van der Waals surface area contributed by atoms with Gasteiger partial charge in [0.25, 0.3) is 0 Å². The Bertz CT molecular complexity index is 995. The molecule has 0 radical (unpaired) electrons. The summed E-state index contributed by atoms with van der Waals surface area (Å²) in [5, 5.41) is 13.4. The quantitative estimate of drug-likeness (QED) is 0.665. The lowest BCUT2D eigenvalue weighted by Gasteiger charge is -2.14. The van der Waals surface area contributed by atoms with Gasteiger partial charge in [0.05, 0.1) is 18.0 Å². The van der Waals surface area contributed by atoms with Gasteiger partial charge in [-0.3, -0.25) is 15.2 Å². The fraction of sp³-hybridized carbons (Fsp3) is 0.333. The minimum atomic E-state index is -0.780. The first-order valence-corrected chi connectivity index (χ1v) is 10.9. The summed E-state index contributed by atoms with van der Waals surface area (Å²) in [6, 6.07) is 13.7. The number of nitrogens with zero attached hydrogens (tertiary/aromatic N) is 3. The van der Waals surface area contributed by atoms with Gasteiger partial charge >= 0.3 is 0 Å². The Morgan fingerprint density at radius 2 is 2.00 bits per heavy atom. The molecule has 6 nitrogen and oxygen atoms in total. The van der Waals surface area contributed by atoms with E-state index in [-0.39, 0.29) is 0 Å². The van der Waals surface area contributed by atoms with Gasteiger partial charge in [-0.15, -0.1) is 0 Å². The van der Waals surface area contributed by atoms with Gasteiger partial charge in [0.1, 0.15) is 17.1 Å². The number of hydrogen-bond donors (Lipinski definition) is 2. The second-order valence-electron chi connectivity index (χ2n) is 7.71. The van der Waals surface area contributed by atoms with Crippen molar-refractivity contribution in [3.05, 3.63) is 54.9 Å². The smallest absolute Gasteiger partial charge is 0.119 e. The Morgan fingerprint density at radius 1 is 1.14 bits per heavy atom. The van der Waals surface area contributed by atoms with Crippen molar-refractivity contribution >= 4 is 16.6 Å². The predicted molar refractivity (Wildman–Crippen MR) is 110 cm³/mol. The van der Waals surface area contributed by atoms with Crippen molar-refractivity contribution in [1.29, 1.82) is 0 Å². The number of nitrogens with two attached hydrogens (primary N) is 1. The number of aromatic nitrogens is 3. The molecule has 2 fully saturated rings. The first-order valence-electron chi connectivity index (χ1n) is 9.63. The number of aromatic amines is 1. The van der Waals surface area contributed by atoms with Crippen molar-refractivity contribution in [3.8, 4) is 17.1 Å². The first-order chi connectivity index (χ1) is 13.7. The molecule has 7 heteroatoms. The van der Waals surface area contributed by atoms with Crippen molar-refractivity contribution < 1.29 is 4.74 Å². The lowest BCUT2D eigenvalue weighted by atomic mass is 10.1. The number of pyridine rings is 1. The monoisotopic (exact) mass is 393 g/mol. The summed E-state index contributed by atoms with van der Waals surface area (Å²) >= 11 is 0. The number of ether oxygens (including phenoxy) is 1. The molecular weight excluding hydrogens is 370 g/mol. The summed E-state index contributed by atoms with van der Waals surface area (Å²) in [6.07, 6.45) is 10.3. The molecule has 144 valence electrons. The molecule has 1 spiro atoms. The van der Waals surface area contributed by atoms with E-state index in [4.69, 9.17) is 9.88 Å². The van der Waals surface area contributed by atoms with E-state index in [2.05, 4.69) is 19.5 Å². The van der Waals surface area contributed by atoms with Gasteiger partial charge in [-0.1, -0.05) is 6.07 Å². The van der Waals surface area contributed by atoms with Crippen molar-refractivity contribution in [2.75, 3.05) is 0 Å². The van der Waals surface area contributed by atoms with E-state index in [0.717, 1.165) is 22.0 Å². The summed E-state index contributed by atoms with van der Waals surface area (Å²) < 4.78 is 10.8. The van der Waals surface area contributed by atoms with E-state index in [0.29, 0.717) is 17.2 Å². The van der Waals surface area contributed by atoms with E-state index in [1.807, 2.05) is 42.5 Å². The van der Waals surface area contributed by atoms with E-state index >= 15 is 0 Å². The van der Waals surface area contributed by atoms with E-state index < -0.39 is 10.9 Å². The highest BCUT2D eigenvalue weighted by Gasteiger charge is 2.48. The van der Waals surface area contributed by atoms with E-state index in [1.54, 1.807) is 12.4 Å². The molecule has 0 bridgehead atoms. The molecule has 3 N–H and O–H groups in total. The van der Waals surface area contributed by atoms with Crippen LogP contribution < -0.4 is 9.88 Å². The average molecular weight is 394 g/mol. The minimum Gasteiger partial charge on any atom is -0.490 e. The van der Waals surface area contributed by atoms with Gasteiger partial charge in [0.2, 0.25) is 0 Å². The molecule has 2 heterocycles. The molecule has 5 rings (SSSR count). The molecule has 0 saturated heterocycles. The first kappa shape index (κ1) is 17.6. The number of benzene rings is 1. The highest BCUT2D eigenvalue weighted by atomic mass is 32.2. The summed E-state index contributed by atoms with van der Waals surface area (Å²) in [5.41, 5.74) is 2.91. The van der Waals surface area contributed by atoms with Crippen LogP contribution in [0.4, 0.5) is 5.69 Å². The predicted octanol–water partition coefficient (Wildman–Crippen LogP) is 4.55. The van der Waals surface area contributed by atoms with Crippen LogP contribution in [-0.4, -0.2) is 21.3 Å². The second-order valence-corrected chi connectivity index (χ2v) is 8.99. The van der Waals surface area contributed by atoms with Crippen LogP contribution in [0.5, 0.6) is 5.75 Å². The number of rotatable bonds is 5. The third kappa shape index (κ3) is 3.59. The Balaban J connectivity index is 1.30. The van der Waals surface area contributed by atoms with Crippen LogP contribution in [0.1, 0.15) is 32.1 Å². The summed E-state index contributed by atoms with van der Waals surface area (Å²) in [6.45, 7) is 0. The maximum absolute atomic E-state index is 6.35. The molecule has 2 atom stereocenters. The zero-order chi connectivity index (χ0) is 19.0. The largest absolute Gasteiger partial charge is 0.490 e. The van der Waals surface area contributed by atoms with Crippen molar-refractivity contribution in [1.82, 2.24) is 15.2 Å². The fourth-order valence-electron chi connectivity index (χ4n) is 3.94. The number of nitrogens with one attached hydrogen (secondary N) is 1. The molecular formula is C21H23N5OS. The number of H-pyrrole nitrogens is 1. The molecule has 2 saturated carbocycles. The van der Waals surface area contributed by atoms with Gasteiger partial charge in [-0.25, -0.2) is 4.36 Å². The normalized spacial score (nSPS) is 21.1. The summed E-state index contributed by atoms with van der Waals surface area (Å²) in [4.78, 5) is 5.31.